The number of anilines is 2. The van der Waals surface area contributed by atoms with Gasteiger partial charge in [-0.2, -0.15) is 13.2 Å². The monoisotopic (exact) mass is 334 g/mol. The van der Waals surface area contributed by atoms with Crippen LogP contribution in [0, 0.1) is 0 Å². The molecule has 0 saturated carbocycles. The summed E-state index contributed by atoms with van der Waals surface area (Å²) in [6, 6.07) is 4.64. The Kier molecular flexibility index (Phi) is 5.21. The molecule has 1 aliphatic rings. The number of piperidine rings is 1. The average Bonchev–Trinajstić information content (AvgIpc) is 2.48. The zero-order valence-corrected chi connectivity index (χ0v) is 13.0. The summed E-state index contributed by atoms with van der Waals surface area (Å²) in [5.74, 6) is -1.88. The van der Waals surface area contributed by atoms with E-state index in [2.05, 4.69) is 4.90 Å². The van der Waals surface area contributed by atoms with Gasteiger partial charge in [0.25, 0.3) is 0 Å². The summed E-state index contributed by atoms with van der Waals surface area (Å²) >= 11 is 6.22. The predicted octanol–water partition coefficient (Wildman–Crippen LogP) is 4.25. The van der Waals surface area contributed by atoms with Crippen LogP contribution in [0.1, 0.15) is 26.2 Å². The number of hydrogen-bond acceptors (Lipinski definition) is 2. The van der Waals surface area contributed by atoms with Crippen molar-refractivity contribution in [2.45, 2.75) is 32.4 Å². The zero-order chi connectivity index (χ0) is 16.3. The van der Waals surface area contributed by atoms with Crippen LogP contribution in [0.5, 0.6) is 0 Å². The summed E-state index contributed by atoms with van der Waals surface area (Å²) in [4.78, 5) is 14.3. The van der Waals surface area contributed by atoms with Crippen molar-refractivity contribution in [1.29, 1.82) is 0 Å². The first-order valence-corrected chi connectivity index (χ1v) is 7.65. The van der Waals surface area contributed by atoms with Crippen molar-refractivity contribution < 1.29 is 18.0 Å². The van der Waals surface area contributed by atoms with E-state index < -0.39 is 12.1 Å². The van der Waals surface area contributed by atoms with E-state index in [1.807, 2.05) is 0 Å². The Labute approximate surface area is 132 Å². The molecule has 1 amide bonds. The van der Waals surface area contributed by atoms with E-state index in [0.29, 0.717) is 9.92 Å². The molecule has 22 heavy (non-hydrogen) atoms. The lowest BCUT2D eigenvalue weighted by molar-refractivity contribution is -0.170. The van der Waals surface area contributed by atoms with Crippen molar-refractivity contribution in [2.24, 2.45) is 0 Å². The maximum absolute atomic E-state index is 12.6. The molecule has 1 aromatic carbocycles. The Hall–Kier alpha value is -1.43. The maximum Gasteiger partial charge on any atom is 0.471 e. The van der Waals surface area contributed by atoms with Crippen molar-refractivity contribution in [1.82, 2.24) is 0 Å². The number of benzene rings is 1. The summed E-state index contributed by atoms with van der Waals surface area (Å²) < 4.78 is 37.8. The molecule has 7 heteroatoms. The van der Waals surface area contributed by atoms with E-state index in [1.165, 1.54) is 25.5 Å². The van der Waals surface area contributed by atoms with Crippen LogP contribution in [0.2, 0.25) is 5.02 Å². The third-order valence-corrected chi connectivity index (χ3v) is 4.05. The molecule has 0 N–H and O–H groups in total. The number of carbonyl (C=O) groups is 1. The van der Waals surface area contributed by atoms with Gasteiger partial charge in [-0.25, -0.2) is 0 Å². The van der Waals surface area contributed by atoms with Gasteiger partial charge in [-0.15, -0.1) is 0 Å². The average molecular weight is 335 g/mol. The molecular formula is C15H18ClF3N2O. The van der Waals surface area contributed by atoms with E-state index in [4.69, 9.17) is 11.6 Å². The smallest absolute Gasteiger partial charge is 0.370 e. The van der Waals surface area contributed by atoms with Gasteiger partial charge in [0.15, 0.2) is 0 Å². The highest BCUT2D eigenvalue weighted by Gasteiger charge is 2.42. The Morgan fingerprint density at radius 1 is 1.27 bits per heavy atom. The number of amides is 1. The van der Waals surface area contributed by atoms with Crippen molar-refractivity contribution >= 4 is 28.9 Å². The van der Waals surface area contributed by atoms with Crippen molar-refractivity contribution in [3.8, 4) is 0 Å². The second-order valence-electron chi connectivity index (χ2n) is 5.23. The number of alkyl halides is 3. The highest BCUT2D eigenvalue weighted by atomic mass is 35.5. The van der Waals surface area contributed by atoms with Gasteiger partial charge in [0.05, 0.1) is 10.7 Å². The van der Waals surface area contributed by atoms with E-state index in [1.54, 1.807) is 6.07 Å². The third kappa shape index (κ3) is 3.66. The van der Waals surface area contributed by atoms with E-state index in [0.717, 1.165) is 31.6 Å². The van der Waals surface area contributed by atoms with Crippen LogP contribution in [0.4, 0.5) is 24.5 Å². The van der Waals surface area contributed by atoms with Crippen LogP contribution < -0.4 is 9.80 Å². The summed E-state index contributed by atoms with van der Waals surface area (Å²) in [6.45, 7) is 3.20. The molecule has 1 fully saturated rings. The molecule has 0 radical (unpaired) electrons. The van der Waals surface area contributed by atoms with Gasteiger partial charge in [-0.1, -0.05) is 11.6 Å². The number of halogens is 4. The largest absolute Gasteiger partial charge is 0.471 e. The third-order valence-electron chi connectivity index (χ3n) is 3.74. The van der Waals surface area contributed by atoms with Crippen molar-refractivity contribution in [2.75, 3.05) is 29.4 Å². The standard InChI is InChI=1S/C15H18ClF3N2O/c1-2-21(14(22)15(17,18)19)11-6-7-13(12(16)10-11)20-8-4-3-5-9-20/h6-7,10H,2-5,8-9H2,1H3. The van der Waals surface area contributed by atoms with Crippen molar-refractivity contribution in [3.63, 3.8) is 0 Å². The van der Waals surface area contributed by atoms with Gasteiger partial charge >= 0.3 is 12.1 Å². The molecule has 0 unspecified atom stereocenters. The Balaban J connectivity index is 2.25. The summed E-state index contributed by atoms with van der Waals surface area (Å²) in [5.41, 5.74) is 0.969. The first kappa shape index (κ1) is 16.9. The Morgan fingerprint density at radius 2 is 1.91 bits per heavy atom. The minimum Gasteiger partial charge on any atom is -0.370 e. The first-order chi connectivity index (χ1) is 10.3. The van der Waals surface area contributed by atoms with Gasteiger partial charge in [-0.05, 0) is 44.4 Å². The quantitative estimate of drug-likeness (QED) is 0.825. The fourth-order valence-electron chi connectivity index (χ4n) is 2.65. The normalized spacial score (nSPS) is 15.8. The minimum atomic E-state index is -4.89. The molecule has 0 bridgehead atoms. The Bertz CT molecular complexity index is 542. The fraction of sp³-hybridized carbons (Fsp3) is 0.533. The highest BCUT2D eigenvalue weighted by molar-refractivity contribution is 6.33. The van der Waals surface area contributed by atoms with E-state index in [9.17, 15) is 18.0 Å². The molecule has 0 spiro atoms. The lowest BCUT2D eigenvalue weighted by atomic mass is 10.1. The van der Waals surface area contributed by atoms with Crippen LogP contribution in [-0.2, 0) is 4.79 Å². The summed E-state index contributed by atoms with van der Waals surface area (Å²) in [6.07, 6.45) is -1.57. The molecule has 122 valence electrons. The number of carbonyl (C=O) groups excluding carboxylic acids is 1. The molecule has 1 aromatic rings. The van der Waals surface area contributed by atoms with Gasteiger partial charge in [0.2, 0.25) is 0 Å². The van der Waals surface area contributed by atoms with Crippen LogP contribution in [0.3, 0.4) is 0 Å². The van der Waals surface area contributed by atoms with Crippen molar-refractivity contribution in [3.05, 3.63) is 23.2 Å². The van der Waals surface area contributed by atoms with E-state index in [-0.39, 0.29) is 12.2 Å². The molecule has 1 aliphatic heterocycles. The van der Waals surface area contributed by atoms with E-state index >= 15 is 0 Å². The molecule has 0 aliphatic carbocycles. The van der Waals surface area contributed by atoms with Gasteiger partial charge < -0.3 is 9.80 Å². The topological polar surface area (TPSA) is 23.6 Å². The molecule has 0 atom stereocenters. The highest BCUT2D eigenvalue weighted by Crippen LogP contribution is 2.33. The summed E-state index contributed by atoms with van der Waals surface area (Å²) in [5, 5.41) is 0.368. The van der Waals surface area contributed by atoms with Crippen LogP contribution >= 0.6 is 11.6 Å². The van der Waals surface area contributed by atoms with Crippen LogP contribution in [0.25, 0.3) is 0 Å². The fourth-order valence-corrected chi connectivity index (χ4v) is 2.95. The first-order valence-electron chi connectivity index (χ1n) is 7.27. The SMILES string of the molecule is CCN(C(=O)C(F)(F)F)c1ccc(N2CCCCC2)c(Cl)c1. The Morgan fingerprint density at radius 3 is 2.41 bits per heavy atom. The molecule has 0 aromatic heterocycles. The minimum absolute atomic E-state index is 0.0717. The molecule has 3 nitrogen and oxygen atoms in total. The molecular weight excluding hydrogens is 317 g/mol. The number of hydrogen-bond donors (Lipinski definition) is 0. The van der Waals surface area contributed by atoms with Crippen LogP contribution in [-0.4, -0.2) is 31.7 Å². The van der Waals surface area contributed by atoms with Crippen LogP contribution in [0.15, 0.2) is 18.2 Å². The predicted molar refractivity (Wildman–Crippen MR) is 81.6 cm³/mol. The summed E-state index contributed by atoms with van der Waals surface area (Å²) in [7, 11) is 0. The molecule has 1 saturated heterocycles. The van der Waals surface area contributed by atoms with Gasteiger partial charge in [0, 0.05) is 25.3 Å². The molecule has 2 rings (SSSR count). The number of rotatable bonds is 3. The van der Waals surface area contributed by atoms with Gasteiger partial charge in [0.1, 0.15) is 0 Å². The molecule has 1 heterocycles. The van der Waals surface area contributed by atoms with Gasteiger partial charge in [-0.3, -0.25) is 4.79 Å². The maximum atomic E-state index is 12.6. The zero-order valence-electron chi connectivity index (χ0n) is 12.3. The second kappa shape index (κ2) is 6.77. The lowest BCUT2D eigenvalue weighted by Crippen LogP contribution is -2.41. The second-order valence-corrected chi connectivity index (χ2v) is 5.64. The lowest BCUT2D eigenvalue weighted by Gasteiger charge is -2.30. The number of nitrogens with zero attached hydrogens (tertiary/aromatic N) is 2.